The van der Waals surface area contributed by atoms with Crippen LogP contribution < -0.4 is 5.73 Å². The first-order chi connectivity index (χ1) is 11.0. The summed E-state index contributed by atoms with van der Waals surface area (Å²) in [6, 6.07) is 7.83. The summed E-state index contributed by atoms with van der Waals surface area (Å²) in [6.45, 7) is 0.792. The zero-order valence-corrected chi connectivity index (χ0v) is 13.4. The minimum atomic E-state index is -1.83. The highest BCUT2D eigenvalue weighted by Gasteiger charge is 2.38. The quantitative estimate of drug-likeness (QED) is 0.773. The van der Waals surface area contributed by atoms with Crippen LogP contribution in [0.25, 0.3) is 5.69 Å². The third-order valence-electron chi connectivity index (χ3n) is 3.79. The molecule has 124 valence electrons. The topological polar surface area (TPSA) is 101 Å². The number of hydrogen-bond acceptors (Lipinski definition) is 3. The van der Waals surface area contributed by atoms with Crippen molar-refractivity contribution in [3.8, 4) is 5.69 Å². The fourth-order valence-corrected chi connectivity index (χ4v) is 2.80. The van der Waals surface area contributed by atoms with Gasteiger partial charge >= 0.3 is 6.16 Å². The van der Waals surface area contributed by atoms with Gasteiger partial charge in [0.1, 0.15) is 0 Å². The molecule has 2 unspecified atom stereocenters. The second kappa shape index (κ2) is 7.99. The van der Waals surface area contributed by atoms with Crippen molar-refractivity contribution >= 4 is 17.8 Å². The van der Waals surface area contributed by atoms with Gasteiger partial charge in [-0.1, -0.05) is 17.7 Å². The number of carbonyl (C=O) groups is 1. The van der Waals surface area contributed by atoms with Crippen molar-refractivity contribution in [2.45, 2.75) is 25.2 Å². The first-order valence-electron chi connectivity index (χ1n) is 7.43. The molecule has 3 rings (SSSR count). The van der Waals surface area contributed by atoms with Crippen LogP contribution in [0.1, 0.15) is 30.9 Å². The summed E-state index contributed by atoms with van der Waals surface area (Å²) in [7, 11) is 0. The van der Waals surface area contributed by atoms with E-state index in [0.717, 1.165) is 29.6 Å². The van der Waals surface area contributed by atoms with Gasteiger partial charge in [-0.2, -0.15) is 0 Å². The number of nitrogens with zero attached hydrogens (tertiary/aromatic N) is 2. The molecule has 2 atom stereocenters. The molecule has 0 bridgehead atoms. The van der Waals surface area contributed by atoms with E-state index in [-0.39, 0.29) is 0 Å². The Balaban J connectivity index is 0.000000433. The molecule has 1 fully saturated rings. The molecule has 0 aliphatic heterocycles. The standard InChI is InChI=1S/C15H18ClN3.CH2O3/c16-12-4-1-5-13(8-12)19-9-15(18-10-19)14-7-11(14)3-2-6-17;2-1(3)4/h1,4-5,8-11,14H,2-3,6-7,17H2;(H2,2,3,4). The number of rotatable bonds is 5. The number of hydrogen-bond donors (Lipinski definition) is 3. The van der Waals surface area contributed by atoms with Crippen LogP contribution in [0.5, 0.6) is 0 Å². The van der Waals surface area contributed by atoms with E-state index >= 15 is 0 Å². The van der Waals surface area contributed by atoms with E-state index in [9.17, 15) is 0 Å². The van der Waals surface area contributed by atoms with Crippen molar-refractivity contribution in [2.24, 2.45) is 11.7 Å². The van der Waals surface area contributed by atoms with Gasteiger partial charge in [-0.25, -0.2) is 9.78 Å². The zero-order chi connectivity index (χ0) is 16.8. The maximum absolute atomic E-state index is 8.56. The van der Waals surface area contributed by atoms with Crippen molar-refractivity contribution in [3.63, 3.8) is 0 Å². The molecule has 0 saturated heterocycles. The number of imidazole rings is 1. The third kappa shape index (κ3) is 5.26. The van der Waals surface area contributed by atoms with Gasteiger partial charge in [-0.15, -0.1) is 0 Å². The second-order valence-electron chi connectivity index (χ2n) is 5.50. The minimum absolute atomic E-state index is 0.631. The maximum Gasteiger partial charge on any atom is 0.503 e. The molecule has 6 nitrogen and oxygen atoms in total. The second-order valence-corrected chi connectivity index (χ2v) is 5.94. The molecule has 0 spiro atoms. The lowest BCUT2D eigenvalue weighted by atomic mass is 10.1. The summed E-state index contributed by atoms with van der Waals surface area (Å²) in [5.74, 6) is 1.42. The summed E-state index contributed by atoms with van der Waals surface area (Å²) in [5.41, 5.74) is 7.81. The first-order valence-corrected chi connectivity index (χ1v) is 7.81. The summed E-state index contributed by atoms with van der Waals surface area (Å²) in [5, 5.41) is 14.7. The van der Waals surface area contributed by atoms with Crippen LogP contribution in [-0.4, -0.2) is 32.5 Å². The SMILES string of the molecule is NCCCC1CC1c1cn(-c2cccc(Cl)c2)cn1.O=C(O)O. The Morgan fingerprint density at radius 1 is 1.43 bits per heavy atom. The molecule has 1 heterocycles. The molecule has 1 aromatic heterocycles. The Morgan fingerprint density at radius 3 is 2.83 bits per heavy atom. The molecule has 1 saturated carbocycles. The number of halogens is 1. The number of carboxylic acid groups (broad SMARTS) is 2. The number of benzene rings is 1. The fourth-order valence-electron chi connectivity index (χ4n) is 2.62. The molecule has 7 heteroatoms. The maximum atomic E-state index is 8.56. The van der Waals surface area contributed by atoms with E-state index in [0.29, 0.717) is 5.92 Å². The number of nitrogens with two attached hydrogens (primary N) is 1. The Bertz CT molecular complexity index is 656. The van der Waals surface area contributed by atoms with Crippen molar-refractivity contribution in [1.82, 2.24) is 9.55 Å². The van der Waals surface area contributed by atoms with Crippen LogP contribution in [0, 0.1) is 5.92 Å². The van der Waals surface area contributed by atoms with E-state index in [2.05, 4.69) is 11.2 Å². The van der Waals surface area contributed by atoms with E-state index in [4.69, 9.17) is 32.3 Å². The van der Waals surface area contributed by atoms with E-state index in [1.807, 2.05) is 35.2 Å². The highest BCUT2D eigenvalue weighted by molar-refractivity contribution is 6.30. The highest BCUT2D eigenvalue weighted by atomic mass is 35.5. The molecular formula is C16H20ClN3O3. The molecular weight excluding hydrogens is 318 g/mol. The largest absolute Gasteiger partial charge is 0.503 e. The van der Waals surface area contributed by atoms with Crippen molar-refractivity contribution < 1.29 is 15.0 Å². The lowest BCUT2D eigenvalue weighted by molar-refractivity contribution is 0.137. The van der Waals surface area contributed by atoms with Crippen LogP contribution >= 0.6 is 11.6 Å². The lowest BCUT2D eigenvalue weighted by Crippen LogP contribution is -1.98. The van der Waals surface area contributed by atoms with Crippen LogP contribution in [0.15, 0.2) is 36.8 Å². The van der Waals surface area contributed by atoms with Gasteiger partial charge in [-0.05, 0) is 49.9 Å². The van der Waals surface area contributed by atoms with Crippen LogP contribution in [-0.2, 0) is 0 Å². The first kappa shape index (κ1) is 17.3. The van der Waals surface area contributed by atoms with Crippen molar-refractivity contribution in [2.75, 3.05) is 6.54 Å². The third-order valence-corrected chi connectivity index (χ3v) is 4.03. The Kier molecular flexibility index (Phi) is 6.01. The molecule has 23 heavy (non-hydrogen) atoms. The van der Waals surface area contributed by atoms with Gasteiger partial charge in [0.2, 0.25) is 0 Å². The molecule has 1 aliphatic carbocycles. The average Bonchev–Trinajstić information content (AvgIpc) is 3.09. The summed E-state index contributed by atoms with van der Waals surface area (Å²) >= 11 is 6.01. The molecule has 1 aromatic carbocycles. The smallest absolute Gasteiger partial charge is 0.450 e. The Morgan fingerprint density at radius 2 is 2.17 bits per heavy atom. The normalized spacial score (nSPS) is 18.9. The van der Waals surface area contributed by atoms with E-state index in [1.54, 1.807) is 0 Å². The van der Waals surface area contributed by atoms with Crippen LogP contribution in [0.3, 0.4) is 0 Å². The summed E-state index contributed by atoms with van der Waals surface area (Å²) in [4.78, 5) is 13.1. The summed E-state index contributed by atoms with van der Waals surface area (Å²) in [6.07, 6.45) is 5.77. The Hall–Kier alpha value is -2.05. The molecule has 0 radical (unpaired) electrons. The monoisotopic (exact) mass is 337 g/mol. The molecule has 4 N–H and O–H groups in total. The molecule has 0 amide bonds. The highest BCUT2D eigenvalue weighted by Crippen LogP contribution is 2.49. The average molecular weight is 338 g/mol. The van der Waals surface area contributed by atoms with Gasteiger partial charge in [0.15, 0.2) is 0 Å². The van der Waals surface area contributed by atoms with Crippen LogP contribution in [0.2, 0.25) is 5.02 Å². The lowest BCUT2D eigenvalue weighted by Gasteiger charge is -2.01. The molecule has 1 aliphatic rings. The predicted octanol–water partition coefficient (Wildman–Crippen LogP) is 3.59. The van der Waals surface area contributed by atoms with Crippen molar-refractivity contribution in [3.05, 3.63) is 47.5 Å². The van der Waals surface area contributed by atoms with Crippen LogP contribution in [0.4, 0.5) is 4.79 Å². The fraction of sp³-hybridized carbons (Fsp3) is 0.375. The Labute approximate surface area is 139 Å². The van der Waals surface area contributed by atoms with E-state index < -0.39 is 6.16 Å². The van der Waals surface area contributed by atoms with Gasteiger partial charge in [0, 0.05) is 22.8 Å². The minimum Gasteiger partial charge on any atom is -0.450 e. The van der Waals surface area contributed by atoms with Gasteiger partial charge in [-0.3, -0.25) is 0 Å². The van der Waals surface area contributed by atoms with Gasteiger partial charge in [0.25, 0.3) is 0 Å². The van der Waals surface area contributed by atoms with E-state index in [1.165, 1.54) is 18.5 Å². The summed E-state index contributed by atoms with van der Waals surface area (Å²) < 4.78 is 2.04. The molecule has 2 aromatic rings. The van der Waals surface area contributed by atoms with Gasteiger partial charge < -0.3 is 20.5 Å². The number of aromatic nitrogens is 2. The van der Waals surface area contributed by atoms with Gasteiger partial charge in [0.05, 0.1) is 12.0 Å². The zero-order valence-electron chi connectivity index (χ0n) is 12.6. The predicted molar refractivity (Wildman–Crippen MR) is 88.4 cm³/mol. The van der Waals surface area contributed by atoms with Crippen molar-refractivity contribution in [1.29, 1.82) is 0 Å².